The van der Waals surface area contributed by atoms with E-state index in [-0.39, 0.29) is 12.0 Å². The quantitative estimate of drug-likeness (QED) is 0.799. The fourth-order valence-corrected chi connectivity index (χ4v) is 1.77. The SMILES string of the molecule is CCOC(C)CNC(=O)c1ccc(C#CCN)c(C)c1. The number of ether oxygens (including phenoxy) is 1. The van der Waals surface area contributed by atoms with Crippen LogP contribution in [0.2, 0.25) is 0 Å². The van der Waals surface area contributed by atoms with E-state index in [1.54, 1.807) is 6.07 Å². The van der Waals surface area contributed by atoms with Crippen LogP contribution in [0.1, 0.15) is 35.3 Å². The van der Waals surface area contributed by atoms with Gasteiger partial charge in [-0.1, -0.05) is 11.8 Å². The third kappa shape index (κ3) is 5.04. The molecule has 1 unspecified atom stereocenters. The summed E-state index contributed by atoms with van der Waals surface area (Å²) >= 11 is 0. The number of aryl methyl sites for hydroxylation is 1. The van der Waals surface area contributed by atoms with Crippen molar-refractivity contribution in [3.63, 3.8) is 0 Å². The molecule has 0 fully saturated rings. The third-order valence-electron chi connectivity index (χ3n) is 2.81. The van der Waals surface area contributed by atoms with Crippen LogP contribution in [-0.4, -0.2) is 31.7 Å². The highest BCUT2D eigenvalue weighted by Gasteiger charge is 2.08. The van der Waals surface area contributed by atoms with Crippen LogP contribution in [0.5, 0.6) is 0 Å². The van der Waals surface area contributed by atoms with Crippen LogP contribution >= 0.6 is 0 Å². The van der Waals surface area contributed by atoms with Crippen molar-refractivity contribution in [1.29, 1.82) is 0 Å². The first-order valence-corrected chi connectivity index (χ1v) is 6.77. The standard InChI is InChI=1S/C16H22N2O2/c1-4-20-13(3)11-18-16(19)15-8-7-14(6-5-9-17)12(2)10-15/h7-8,10,13H,4,9,11,17H2,1-3H3,(H,18,19). The predicted octanol–water partition coefficient (Wildman–Crippen LogP) is 1.46. The smallest absolute Gasteiger partial charge is 0.251 e. The van der Waals surface area contributed by atoms with E-state index in [1.165, 1.54) is 0 Å². The molecule has 0 saturated carbocycles. The molecule has 0 saturated heterocycles. The zero-order valence-electron chi connectivity index (χ0n) is 12.3. The van der Waals surface area contributed by atoms with E-state index < -0.39 is 0 Å². The minimum atomic E-state index is -0.0991. The van der Waals surface area contributed by atoms with Crippen molar-refractivity contribution >= 4 is 5.91 Å². The van der Waals surface area contributed by atoms with Gasteiger partial charge in [0.2, 0.25) is 0 Å². The van der Waals surface area contributed by atoms with Crippen LogP contribution in [-0.2, 0) is 4.74 Å². The second kappa shape index (κ2) is 8.36. The summed E-state index contributed by atoms with van der Waals surface area (Å²) in [6, 6.07) is 5.45. The minimum absolute atomic E-state index is 0.0136. The average Bonchev–Trinajstić information content (AvgIpc) is 2.43. The molecule has 1 atom stereocenters. The Balaban J connectivity index is 2.68. The van der Waals surface area contributed by atoms with Crippen molar-refractivity contribution in [2.75, 3.05) is 19.7 Å². The third-order valence-corrected chi connectivity index (χ3v) is 2.81. The molecule has 1 aromatic carbocycles. The van der Waals surface area contributed by atoms with Crippen LogP contribution in [0.4, 0.5) is 0 Å². The van der Waals surface area contributed by atoms with E-state index in [4.69, 9.17) is 10.5 Å². The van der Waals surface area contributed by atoms with Gasteiger partial charge in [0.1, 0.15) is 0 Å². The summed E-state index contributed by atoms with van der Waals surface area (Å²) in [7, 11) is 0. The molecule has 0 bridgehead atoms. The van der Waals surface area contributed by atoms with Crippen LogP contribution < -0.4 is 11.1 Å². The van der Waals surface area contributed by atoms with Gasteiger partial charge in [-0.2, -0.15) is 0 Å². The molecule has 4 heteroatoms. The summed E-state index contributed by atoms with van der Waals surface area (Å²) < 4.78 is 5.37. The monoisotopic (exact) mass is 274 g/mol. The van der Waals surface area contributed by atoms with Gasteiger partial charge in [0, 0.05) is 24.3 Å². The van der Waals surface area contributed by atoms with E-state index in [0.29, 0.717) is 25.3 Å². The average molecular weight is 274 g/mol. The lowest BCUT2D eigenvalue weighted by Gasteiger charge is -2.13. The van der Waals surface area contributed by atoms with Crippen LogP contribution in [0.3, 0.4) is 0 Å². The Morgan fingerprint density at radius 3 is 2.85 bits per heavy atom. The molecule has 0 heterocycles. The Bertz CT molecular complexity index is 515. The number of carbonyl (C=O) groups is 1. The molecule has 1 amide bonds. The summed E-state index contributed by atoms with van der Waals surface area (Å²) in [4.78, 5) is 12.0. The van der Waals surface area contributed by atoms with Crippen molar-refractivity contribution in [3.8, 4) is 11.8 Å². The van der Waals surface area contributed by atoms with E-state index in [1.807, 2.05) is 32.9 Å². The summed E-state index contributed by atoms with van der Waals surface area (Å²) in [6.07, 6.45) is 0.0136. The number of carbonyl (C=O) groups excluding carboxylic acids is 1. The first kappa shape index (κ1) is 16.2. The maximum atomic E-state index is 12.0. The maximum absolute atomic E-state index is 12.0. The van der Waals surface area contributed by atoms with Crippen molar-refractivity contribution in [2.45, 2.75) is 26.9 Å². The van der Waals surface area contributed by atoms with Gasteiger partial charge in [0.15, 0.2) is 0 Å². The van der Waals surface area contributed by atoms with Crippen molar-refractivity contribution in [1.82, 2.24) is 5.32 Å². The Labute approximate surface area is 120 Å². The highest BCUT2D eigenvalue weighted by atomic mass is 16.5. The van der Waals surface area contributed by atoms with Crippen LogP contribution in [0, 0.1) is 18.8 Å². The molecule has 20 heavy (non-hydrogen) atoms. The lowest BCUT2D eigenvalue weighted by Crippen LogP contribution is -2.32. The van der Waals surface area contributed by atoms with E-state index >= 15 is 0 Å². The normalized spacial score (nSPS) is 11.4. The molecule has 1 aromatic rings. The highest BCUT2D eigenvalue weighted by molar-refractivity contribution is 5.94. The van der Waals surface area contributed by atoms with E-state index in [9.17, 15) is 4.79 Å². The van der Waals surface area contributed by atoms with Crippen LogP contribution in [0.15, 0.2) is 18.2 Å². The number of nitrogens with two attached hydrogens (primary N) is 1. The van der Waals surface area contributed by atoms with Gasteiger partial charge >= 0.3 is 0 Å². The number of hydrogen-bond acceptors (Lipinski definition) is 3. The molecule has 0 aliphatic rings. The summed E-state index contributed by atoms with van der Waals surface area (Å²) in [5.41, 5.74) is 7.84. The summed E-state index contributed by atoms with van der Waals surface area (Å²) in [6.45, 7) is 7.27. The number of benzene rings is 1. The first-order valence-electron chi connectivity index (χ1n) is 6.77. The molecular formula is C16H22N2O2. The largest absolute Gasteiger partial charge is 0.377 e. The van der Waals surface area contributed by atoms with Gasteiger partial charge in [0.25, 0.3) is 5.91 Å². The second-order valence-electron chi connectivity index (χ2n) is 4.51. The molecule has 0 spiro atoms. The van der Waals surface area contributed by atoms with Gasteiger partial charge in [-0.25, -0.2) is 0 Å². The second-order valence-corrected chi connectivity index (χ2v) is 4.51. The number of rotatable bonds is 5. The number of amides is 1. The summed E-state index contributed by atoms with van der Waals surface area (Å²) in [5.74, 6) is 5.69. The molecular weight excluding hydrogens is 252 g/mol. The van der Waals surface area contributed by atoms with Gasteiger partial charge in [0.05, 0.1) is 12.6 Å². The molecule has 3 N–H and O–H groups in total. The van der Waals surface area contributed by atoms with Crippen molar-refractivity contribution < 1.29 is 9.53 Å². The topological polar surface area (TPSA) is 64.3 Å². The first-order chi connectivity index (χ1) is 9.58. The molecule has 0 aliphatic heterocycles. The number of hydrogen-bond donors (Lipinski definition) is 2. The van der Waals surface area contributed by atoms with Crippen molar-refractivity contribution in [3.05, 3.63) is 34.9 Å². The predicted molar refractivity (Wildman–Crippen MR) is 80.5 cm³/mol. The van der Waals surface area contributed by atoms with E-state index in [2.05, 4.69) is 17.2 Å². The number of nitrogens with one attached hydrogen (secondary N) is 1. The van der Waals surface area contributed by atoms with Crippen LogP contribution in [0.25, 0.3) is 0 Å². The Kier molecular flexibility index (Phi) is 6.78. The molecule has 108 valence electrons. The zero-order valence-corrected chi connectivity index (χ0v) is 12.3. The summed E-state index contributed by atoms with van der Waals surface area (Å²) in [5, 5.41) is 2.85. The lowest BCUT2D eigenvalue weighted by molar-refractivity contribution is 0.0695. The fourth-order valence-electron chi connectivity index (χ4n) is 1.77. The van der Waals surface area contributed by atoms with Gasteiger partial charge in [-0.15, -0.1) is 0 Å². The Morgan fingerprint density at radius 2 is 2.25 bits per heavy atom. The van der Waals surface area contributed by atoms with E-state index in [0.717, 1.165) is 11.1 Å². The Hall–Kier alpha value is -1.83. The fraction of sp³-hybridized carbons (Fsp3) is 0.438. The zero-order chi connectivity index (χ0) is 15.0. The molecule has 4 nitrogen and oxygen atoms in total. The molecule has 1 rings (SSSR count). The maximum Gasteiger partial charge on any atom is 0.251 e. The van der Waals surface area contributed by atoms with Gasteiger partial charge < -0.3 is 15.8 Å². The van der Waals surface area contributed by atoms with Gasteiger partial charge in [-0.05, 0) is 44.5 Å². The molecule has 0 aliphatic carbocycles. The highest BCUT2D eigenvalue weighted by Crippen LogP contribution is 2.10. The van der Waals surface area contributed by atoms with Crippen molar-refractivity contribution in [2.24, 2.45) is 5.73 Å². The Morgan fingerprint density at radius 1 is 1.50 bits per heavy atom. The van der Waals surface area contributed by atoms with Gasteiger partial charge in [-0.3, -0.25) is 4.79 Å². The minimum Gasteiger partial charge on any atom is -0.377 e. The molecule has 0 aromatic heterocycles. The molecule has 0 radical (unpaired) electrons. The lowest BCUT2D eigenvalue weighted by atomic mass is 10.0.